The lowest BCUT2D eigenvalue weighted by Gasteiger charge is -2.25. The third-order valence-corrected chi connectivity index (χ3v) is 4.64. The lowest BCUT2D eigenvalue weighted by Crippen LogP contribution is -2.36. The normalized spacial score (nSPS) is 11.8. The van der Waals surface area contributed by atoms with Crippen molar-refractivity contribution in [2.45, 2.75) is 20.3 Å². The topological polar surface area (TPSA) is 63.4 Å². The van der Waals surface area contributed by atoms with Crippen LogP contribution in [0.1, 0.15) is 20.3 Å². The summed E-state index contributed by atoms with van der Waals surface area (Å²) in [6, 6.07) is 9.19. The van der Waals surface area contributed by atoms with Crippen molar-refractivity contribution in [1.82, 2.24) is 0 Å². The third-order valence-electron chi connectivity index (χ3n) is 2.49. The van der Waals surface area contributed by atoms with Crippen molar-refractivity contribution >= 4 is 15.7 Å². The van der Waals surface area contributed by atoms with Crippen molar-refractivity contribution in [2.24, 2.45) is 11.7 Å². The highest BCUT2D eigenvalue weighted by atomic mass is 32.2. The van der Waals surface area contributed by atoms with E-state index < -0.39 is 10.0 Å². The maximum absolute atomic E-state index is 12.3. The number of hydrogen-bond donors (Lipinski definition) is 1. The Balaban J connectivity index is 2.98. The molecule has 0 heterocycles. The van der Waals surface area contributed by atoms with Crippen molar-refractivity contribution < 1.29 is 8.42 Å². The Hall–Kier alpha value is -1.07. The van der Waals surface area contributed by atoms with Gasteiger partial charge in [0.2, 0.25) is 10.0 Å². The van der Waals surface area contributed by atoms with E-state index in [-0.39, 0.29) is 11.7 Å². The maximum Gasteiger partial charge on any atom is 0.235 e. The quantitative estimate of drug-likeness (QED) is 0.822. The second-order valence-corrected chi connectivity index (χ2v) is 6.66. The molecular formula is C13H22N2O2S. The van der Waals surface area contributed by atoms with E-state index in [9.17, 15) is 8.42 Å². The molecule has 0 fully saturated rings. The molecule has 4 nitrogen and oxygen atoms in total. The lowest BCUT2D eigenvalue weighted by molar-refractivity contribution is 0.576. The molecule has 0 aliphatic heterocycles. The molecule has 0 aromatic heterocycles. The Morgan fingerprint density at radius 3 is 2.33 bits per heavy atom. The summed E-state index contributed by atoms with van der Waals surface area (Å²) in [7, 11) is -3.27. The lowest BCUT2D eigenvalue weighted by atomic mass is 10.3. The minimum absolute atomic E-state index is 0.110. The second kappa shape index (κ2) is 6.75. The molecule has 2 N–H and O–H groups in total. The summed E-state index contributed by atoms with van der Waals surface area (Å²) in [5.41, 5.74) is 6.19. The molecule has 1 aromatic carbocycles. The van der Waals surface area contributed by atoms with Crippen LogP contribution in [0.15, 0.2) is 30.3 Å². The summed E-state index contributed by atoms with van der Waals surface area (Å²) in [5, 5.41) is 0. The first-order valence-electron chi connectivity index (χ1n) is 6.23. The van der Waals surface area contributed by atoms with Gasteiger partial charge in [0.15, 0.2) is 0 Å². The van der Waals surface area contributed by atoms with Crippen LogP contribution < -0.4 is 10.0 Å². The van der Waals surface area contributed by atoms with Crippen molar-refractivity contribution in [1.29, 1.82) is 0 Å². The van der Waals surface area contributed by atoms with Crippen LogP contribution in [0.5, 0.6) is 0 Å². The molecule has 0 radical (unpaired) electrons. The SMILES string of the molecule is CC(C)CS(=O)(=O)N(CCCN)c1ccccc1. The first kappa shape index (κ1) is 15.0. The van der Waals surface area contributed by atoms with Crippen LogP contribution in [-0.2, 0) is 10.0 Å². The molecule has 5 heteroatoms. The summed E-state index contributed by atoms with van der Waals surface area (Å²) >= 11 is 0. The van der Waals surface area contributed by atoms with Gasteiger partial charge in [-0.3, -0.25) is 4.31 Å². The number of benzene rings is 1. The molecule has 102 valence electrons. The zero-order chi connectivity index (χ0) is 13.6. The highest BCUT2D eigenvalue weighted by molar-refractivity contribution is 7.92. The maximum atomic E-state index is 12.3. The van der Waals surface area contributed by atoms with E-state index in [1.54, 1.807) is 0 Å². The molecule has 0 aliphatic carbocycles. The molecule has 0 atom stereocenters. The highest BCUT2D eigenvalue weighted by Gasteiger charge is 2.22. The summed E-state index contributed by atoms with van der Waals surface area (Å²) in [5.74, 6) is 0.269. The van der Waals surface area contributed by atoms with E-state index in [0.717, 1.165) is 0 Å². The number of hydrogen-bond acceptors (Lipinski definition) is 3. The van der Waals surface area contributed by atoms with E-state index >= 15 is 0 Å². The second-order valence-electron chi connectivity index (χ2n) is 4.72. The van der Waals surface area contributed by atoms with Crippen molar-refractivity contribution in [3.8, 4) is 0 Å². The van der Waals surface area contributed by atoms with Gasteiger partial charge in [0.1, 0.15) is 0 Å². The van der Waals surface area contributed by atoms with Gasteiger partial charge < -0.3 is 5.73 Å². The van der Waals surface area contributed by atoms with Crippen LogP contribution in [-0.4, -0.2) is 27.3 Å². The first-order valence-corrected chi connectivity index (χ1v) is 7.84. The average molecular weight is 270 g/mol. The first-order chi connectivity index (χ1) is 8.47. The number of anilines is 1. The predicted molar refractivity (Wildman–Crippen MR) is 76.1 cm³/mol. The molecule has 18 heavy (non-hydrogen) atoms. The molecular weight excluding hydrogens is 248 g/mol. The van der Waals surface area contributed by atoms with Crippen molar-refractivity contribution in [2.75, 3.05) is 23.1 Å². The van der Waals surface area contributed by atoms with E-state index in [4.69, 9.17) is 5.73 Å². The van der Waals surface area contributed by atoms with E-state index in [1.807, 2.05) is 44.2 Å². The fourth-order valence-electron chi connectivity index (χ4n) is 1.77. The molecule has 1 rings (SSSR count). The Morgan fingerprint density at radius 1 is 1.22 bits per heavy atom. The van der Waals surface area contributed by atoms with Gasteiger partial charge in [-0.1, -0.05) is 32.0 Å². The van der Waals surface area contributed by atoms with Gasteiger partial charge in [-0.15, -0.1) is 0 Å². The van der Waals surface area contributed by atoms with Gasteiger partial charge in [-0.2, -0.15) is 0 Å². The van der Waals surface area contributed by atoms with Crippen molar-refractivity contribution in [3.05, 3.63) is 30.3 Å². The van der Waals surface area contributed by atoms with E-state index in [0.29, 0.717) is 25.2 Å². The largest absolute Gasteiger partial charge is 0.330 e. The van der Waals surface area contributed by atoms with Crippen LogP contribution >= 0.6 is 0 Å². The van der Waals surface area contributed by atoms with Gasteiger partial charge >= 0.3 is 0 Å². The van der Waals surface area contributed by atoms with Gasteiger partial charge in [0.05, 0.1) is 11.4 Å². The molecule has 0 amide bonds. The fraction of sp³-hybridized carbons (Fsp3) is 0.538. The zero-order valence-corrected chi connectivity index (χ0v) is 11.9. The number of rotatable bonds is 7. The van der Waals surface area contributed by atoms with Gasteiger partial charge in [0.25, 0.3) is 0 Å². The van der Waals surface area contributed by atoms with Crippen LogP contribution in [0.25, 0.3) is 0 Å². The van der Waals surface area contributed by atoms with Crippen LogP contribution in [0, 0.1) is 5.92 Å². The standard InChI is InChI=1S/C13H22N2O2S/c1-12(2)11-18(16,17)15(10-6-9-14)13-7-4-3-5-8-13/h3-5,7-8,12H,6,9-11,14H2,1-2H3. The number of nitrogens with two attached hydrogens (primary N) is 1. The zero-order valence-electron chi connectivity index (χ0n) is 11.0. The highest BCUT2D eigenvalue weighted by Crippen LogP contribution is 2.19. The Kier molecular flexibility index (Phi) is 5.62. The fourth-order valence-corrected chi connectivity index (χ4v) is 3.64. The Bertz CT molecular complexity index is 443. The molecule has 0 spiro atoms. The third kappa shape index (κ3) is 4.31. The van der Waals surface area contributed by atoms with Gasteiger partial charge in [-0.05, 0) is 31.0 Å². The van der Waals surface area contributed by atoms with Crippen LogP contribution in [0.4, 0.5) is 5.69 Å². The number of sulfonamides is 1. The molecule has 0 aliphatic rings. The van der Waals surface area contributed by atoms with Crippen molar-refractivity contribution in [3.63, 3.8) is 0 Å². The monoisotopic (exact) mass is 270 g/mol. The van der Waals surface area contributed by atoms with Crippen LogP contribution in [0.2, 0.25) is 0 Å². The minimum atomic E-state index is -3.27. The smallest absolute Gasteiger partial charge is 0.235 e. The average Bonchev–Trinajstić information content (AvgIpc) is 2.29. The molecule has 0 saturated carbocycles. The summed E-state index contributed by atoms with van der Waals surface area (Å²) in [6.45, 7) is 4.74. The van der Waals surface area contributed by atoms with E-state index in [2.05, 4.69) is 0 Å². The van der Waals surface area contributed by atoms with E-state index in [1.165, 1.54) is 4.31 Å². The molecule has 0 bridgehead atoms. The molecule has 0 saturated heterocycles. The van der Waals surface area contributed by atoms with Gasteiger partial charge in [0, 0.05) is 6.54 Å². The van der Waals surface area contributed by atoms with Crippen LogP contribution in [0.3, 0.4) is 0 Å². The summed E-state index contributed by atoms with van der Waals surface area (Å²) in [4.78, 5) is 0. The summed E-state index contributed by atoms with van der Waals surface area (Å²) in [6.07, 6.45) is 0.659. The Morgan fingerprint density at radius 2 is 1.83 bits per heavy atom. The molecule has 1 aromatic rings. The Labute approximate surface area is 110 Å². The van der Waals surface area contributed by atoms with Gasteiger partial charge in [-0.25, -0.2) is 8.42 Å². The summed E-state index contributed by atoms with van der Waals surface area (Å²) < 4.78 is 26.1. The number of para-hydroxylation sites is 1. The molecule has 0 unspecified atom stereocenters. The number of nitrogens with zero attached hydrogens (tertiary/aromatic N) is 1. The minimum Gasteiger partial charge on any atom is -0.330 e. The predicted octanol–water partition coefficient (Wildman–Crippen LogP) is 1.83.